The molecule has 0 bridgehead atoms. The van der Waals surface area contributed by atoms with Crippen molar-refractivity contribution in [2.45, 2.75) is 17.5 Å². The molecular formula is C21H19ClN4O2S. The van der Waals surface area contributed by atoms with Crippen molar-refractivity contribution in [3.8, 4) is 0 Å². The van der Waals surface area contributed by atoms with Crippen LogP contribution in [0.25, 0.3) is 11.2 Å². The summed E-state index contributed by atoms with van der Waals surface area (Å²) in [5.41, 5.74) is 2.24. The van der Waals surface area contributed by atoms with Gasteiger partial charge in [0.1, 0.15) is 0 Å². The molecule has 0 aliphatic carbocycles. The van der Waals surface area contributed by atoms with Crippen molar-refractivity contribution >= 4 is 34.5 Å². The van der Waals surface area contributed by atoms with E-state index in [9.17, 15) is 9.59 Å². The summed E-state index contributed by atoms with van der Waals surface area (Å²) < 4.78 is 4.44. The zero-order chi connectivity index (χ0) is 20.5. The highest BCUT2D eigenvalue weighted by Gasteiger charge is 2.19. The molecule has 0 fully saturated rings. The average Bonchev–Trinajstić information content (AvgIpc) is 3.09. The molecule has 0 amide bonds. The van der Waals surface area contributed by atoms with Gasteiger partial charge in [-0.05, 0) is 23.3 Å². The Morgan fingerprint density at radius 1 is 0.931 bits per heavy atom. The Kier molecular flexibility index (Phi) is 5.34. The lowest BCUT2D eigenvalue weighted by molar-refractivity contribution is 0.696. The number of hydrogen-bond donors (Lipinski definition) is 0. The first-order valence-electron chi connectivity index (χ1n) is 9.03. The van der Waals surface area contributed by atoms with Gasteiger partial charge in [0.05, 0.1) is 6.54 Å². The van der Waals surface area contributed by atoms with E-state index in [1.807, 2.05) is 59.2 Å². The molecule has 0 spiro atoms. The number of aryl methyl sites for hydroxylation is 1. The molecule has 8 heteroatoms. The number of halogens is 1. The Balaban J connectivity index is 1.83. The smallest absolute Gasteiger partial charge is 0.309 e. The zero-order valence-corrected chi connectivity index (χ0v) is 17.6. The van der Waals surface area contributed by atoms with E-state index in [-0.39, 0.29) is 11.2 Å². The largest absolute Gasteiger partial charge is 0.332 e. The fraction of sp³-hybridized carbons (Fsp3) is 0.190. The predicted molar refractivity (Wildman–Crippen MR) is 117 cm³/mol. The fourth-order valence-corrected chi connectivity index (χ4v) is 4.25. The van der Waals surface area contributed by atoms with Gasteiger partial charge in [0.15, 0.2) is 16.3 Å². The lowest BCUT2D eigenvalue weighted by atomic mass is 10.2. The van der Waals surface area contributed by atoms with Crippen LogP contribution < -0.4 is 11.2 Å². The quantitative estimate of drug-likeness (QED) is 0.459. The Hall–Kier alpha value is -2.77. The minimum absolute atomic E-state index is 0.343. The van der Waals surface area contributed by atoms with Crippen LogP contribution in [0.15, 0.2) is 69.3 Å². The van der Waals surface area contributed by atoms with Crippen molar-refractivity contribution in [2.75, 3.05) is 0 Å². The SMILES string of the molecule is Cn1c(=O)c2c(nc(SCc3ccc(Cl)cc3)n2Cc2ccccc2)n(C)c1=O. The Bertz CT molecular complexity index is 1290. The fourth-order valence-electron chi connectivity index (χ4n) is 3.18. The monoisotopic (exact) mass is 426 g/mol. The van der Waals surface area contributed by atoms with Crippen LogP contribution in [0.2, 0.25) is 5.02 Å². The lowest BCUT2D eigenvalue weighted by Gasteiger charge is -2.10. The zero-order valence-electron chi connectivity index (χ0n) is 16.0. The summed E-state index contributed by atoms with van der Waals surface area (Å²) >= 11 is 7.49. The molecule has 0 saturated carbocycles. The molecule has 4 rings (SSSR count). The maximum atomic E-state index is 12.9. The molecule has 0 saturated heterocycles. The number of hydrogen-bond acceptors (Lipinski definition) is 4. The van der Waals surface area contributed by atoms with Gasteiger partial charge in [0.25, 0.3) is 5.56 Å². The van der Waals surface area contributed by atoms with Crippen LogP contribution in [0.5, 0.6) is 0 Å². The molecule has 0 N–H and O–H groups in total. The average molecular weight is 427 g/mol. The highest BCUT2D eigenvalue weighted by Crippen LogP contribution is 2.26. The second-order valence-corrected chi connectivity index (χ2v) is 8.14. The topological polar surface area (TPSA) is 61.8 Å². The Labute approximate surface area is 176 Å². The van der Waals surface area contributed by atoms with Gasteiger partial charge < -0.3 is 4.57 Å². The highest BCUT2D eigenvalue weighted by molar-refractivity contribution is 7.98. The van der Waals surface area contributed by atoms with E-state index in [1.165, 1.54) is 23.4 Å². The van der Waals surface area contributed by atoms with E-state index >= 15 is 0 Å². The molecule has 2 aromatic heterocycles. The molecule has 0 aliphatic heterocycles. The second kappa shape index (κ2) is 7.93. The molecule has 0 atom stereocenters. The van der Waals surface area contributed by atoms with E-state index in [0.717, 1.165) is 15.7 Å². The number of aromatic nitrogens is 4. The molecule has 6 nitrogen and oxygen atoms in total. The number of imidazole rings is 1. The Morgan fingerprint density at radius 3 is 2.31 bits per heavy atom. The maximum absolute atomic E-state index is 12.9. The van der Waals surface area contributed by atoms with Gasteiger partial charge in [-0.1, -0.05) is 65.8 Å². The molecule has 2 heterocycles. The van der Waals surface area contributed by atoms with Crippen LogP contribution in [-0.4, -0.2) is 18.7 Å². The van der Waals surface area contributed by atoms with Gasteiger partial charge in [-0.15, -0.1) is 0 Å². The normalized spacial score (nSPS) is 11.3. The van der Waals surface area contributed by atoms with Crippen LogP contribution in [-0.2, 0) is 26.4 Å². The molecule has 0 aliphatic rings. The van der Waals surface area contributed by atoms with E-state index in [0.29, 0.717) is 33.6 Å². The summed E-state index contributed by atoms with van der Waals surface area (Å²) in [4.78, 5) is 29.9. The molecule has 2 aromatic carbocycles. The van der Waals surface area contributed by atoms with Crippen molar-refractivity contribution in [1.29, 1.82) is 0 Å². The summed E-state index contributed by atoms with van der Waals surface area (Å²) in [6.07, 6.45) is 0. The lowest BCUT2D eigenvalue weighted by Crippen LogP contribution is -2.37. The second-order valence-electron chi connectivity index (χ2n) is 6.76. The summed E-state index contributed by atoms with van der Waals surface area (Å²) in [5.74, 6) is 0.670. The van der Waals surface area contributed by atoms with Crippen LogP contribution in [0.3, 0.4) is 0 Å². The maximum Gasteiger partial charge on any atom is 0.332 e. The molecule has 29 heavy (non-hydrogen) atoms. The number of nitrogens with zero attached hydrogens (tertiary/aromatic N) is 4. The molecule has 4 aromatic rings. The molecule has 148 valence electrons. The van der Waals surface area contributed by atoms with Crippen LogP contribution in [0, 0.1) is 0 Å². The van der Waals surface area contributed by atoms with E-state index in [1.54, 1.807) is 7.05 Å². The van der Waals surface area contributed by atoms with Crippen molar-refractivity contribution in [2.24, 2.45) is 14.1 Å². The summed E-state index contributed by atoms with van der Waals surface area (Å²) in [7, 11) is 3.13. The van der Waals surface area contributed by atoms with Gasteiger partial charge in [0, 0.05) is 24.9 Å². The Morgan fingerprint density at radius 2 is 1.62 bits per heavy atom. The number of rotatable bonds is 5. The van der Waals surface area contributed by atoms with Gasteiger partial charge in [0.2, 0.25) is 0 Å². The number of fused-ring (bicyclic) bond motifs is 1. The highest BCUT2D eigenvalue weighted by atomic mass is 35.5. The van der Waals surface area contributed by atoms with Crippen LogP contribution >= 0.6 is 23.4 Å². The summed E-state index contributed by atoms with van der Waals surface area (Å²) in [6, 6.07) is 17.5. The number of thioether (sulfide) groups is 1. The third-order valence-corrected chi connectivity index (χ3v) is 6.08. The predicted octanol–water partition coefficient (Wildman–Crippen LogP) is 3.43. The van der Waals surface area contributed by atoms with Crippen LogP contribution in [0.1, 0.15) is 11.1 Å². The summed E-state index contributed by atoms with van der Waals surface area (Å²) in [5, 5.41) is 1.38. The minimum atomic E-state index is -0.388. The third-order valence-electron chi connectivity index (χ3n) is 4.78. The molecule has 0 radical (unpaired) electrons. The van der Waals surface area contributed by atoms with Gasteiger partial charge in [-0.2, -0.15) is 0 Å². The minimum Gasteiger partial charge on any atom is -0.309 e. The molecule has 0 unspecified atom stereocenters. The van der Waals surface area contributed by atoms with Crippen LogP contribution in [0.4, 0.5) is 0 Å². The van der Waals surface area contributed by atoms with Gasteiger partial charge in [-0.25, -0.2) is 9.78 Å². The van der Waals surface area contributed by atoms with E-state index < -0.39 is 0 Å². The first-order valence-corrected chi connectivity index (χ1v) is 10.4. The van der Waals surface area contributed by atoms with Crippen molar-refractivity contribution in [3.05, 3.63) is 91.6 Å². The van der Waals surface area contributed by atoms with Crippen molar-refractivity contribution in [3.63, 3.8) is 0 Å². The summed E-state index contributed by atoms with van der Waals surface area (Å²) in [6.45, 7) is 0.494. The van der Waals surface area contributed by atoms with Gasteiger partial charge in [-0.3, -0.25) is 13.9 Å². The van der Waals surface area contributed by atoms with Gasteiger partial charge >= 0.3 is 5.69 Å². The number of benzene rings is 2. The van der Waals surface area contributed by atoms with E-state index in [4.69, 9.17) is 11.6 Å². The third kappa shape index (κ3) is 3.75. The standard InChI is InChI=1S/C21H19ClN4O2S/c1-24-18-17(19(27)25(2)21(24)28)26(12-14-6-4-3-5-7-14)20(23-18)29-13-15-8-10-16(22)11-9-15/h3-11H,12-13H2,1-2H3. The van der Waals surface area contributed by atoms with E-state index in [2.05, 4.69) is 4.98 Å². The van der Waals surface area contributed by atoms with Crippen molar-refractivity contribution in [1.82, 2.24) is 18.7 Å². The first kappa shape index (κ1) is 19.5. The molecular weight excluding hydrogens is 408 g/mol. The van der Waals surface area contributed by atoms with Crippen molar-refractivity contribution < 1.29 is 0 Å². The first-order chi connectivity index (χ1) is 14.0.